The van der Waals surface area contributed by atoms with Crippen molar-refractivity contribution in [3.63, 3.8) is 0 Å². The number of hydrogen-bond donors (Lipinski definition) is 1. The Kier molecular flexibility index (Phi) is 6.07. The van der Waals surface area contributed by atoms with E-state index < -0.39 is 5.91 Å². The molecule has 9 nitrogen and oxygen atoms in total. The SMILES string of the molecule is O=C(c1cnoc1)n1nc(-c2cccn(Cc3ccccn3)c2=O)cc1NCc1ccc(Cl)s1. The molecule has 5 rings (SSSR count). The molecule has 0 fully saturated rings. The van der Waals surface area contributed by atoms with Crippen molar-refractivity contribution in [2.75, 3.05) is 5.32 Å². The van der Waals surface area contributed by atoms with Crippen LogP contribution in [0, 0.1) is 0 Å². The summed E-state index contributed by atoms with van der Waals surface area (Å²) in [5.41, 5.74) is 1.46. The number of pyridine rings is 2. The maximum absolute atomic E-state index is 13.2. The second-order valence-corrected chi connectivity index (χ2v) is 9.08. The highest BCUT2D eigenvalue weighted by atomic mass is 35.5. The third-order valence-corrected chi connectivity index (χ3v) is 6.24. The highest BCUT2D eigenvalue weighted by Crippen LogP contribution is 2.25. The predicted molar refractivity (Wildman–Crippen MR) is 128 cm³/mol. The molecule has 0 aliphatic rings. The lowest BCUT2D eigenvalue weighted by molar-refractivity contribution is 0.0947. The summed E-state index contributed by atoms with van der Waals surface area (Å²) < 4.78 is 8.23. The first-order chi connectivity index (χ1) is 16.6. The van der Waals surface area contributed by atoms with E-state index in [9.17, 15) is 9.59 Å². The lowest BCUT2D eigenvalue weighted by Gasteiger charge is -2.06. The van der Waals surface area contributed by atoms with Crippen LogP contribution in [0.25, 0.3) is 11.3 Å². The van der Waals surface area contributed by atoms with Crippen LogP contribution in [0.3, 0.4) is 0 Å². The average molecular weight is 493 g/mol. The molecule has 5 aromatic heterocycles. The number of hydrogen-bond acceptors (Lipinski definition) is 8. The molecule has 1 N–H and O–H groups in total. The lowest BCUT2D eigenvalue weighted by atomic mass is 10.2. The molecular formula is C23H17ClN6O3S. The predicted octanol–water partition coefficient (Wildman–Crippen LogP) is 4.16. The Hall–Kier alpha value is -4.02. The topological polar surface area (TPSA) is 108 Å². The molecule has 34 heavy (non-hydrogen) atoms. The Labute approximate surface area is 202 Å². The van der Waals surface area contributed by atoms with Crippen molar-refractivity contribution in [2.45, 2.75) is 13.1 Å². The van der Waals surface area contributed by atoms with Gasteiger partial charge in [-0.15, -0.1) is 11.3 Å². The maximum Gasteiger partial charge on any atom is 0.285 e. The fraction of sp³-hybridized carbons (Fsp3) is 0.0870. The van der Waals surface area contributed by atoms with Gasteiger partial charge in [0.25, 0.3) is 11.5 Å². The highest BCUT2D eigenvalue weighted by molar-refractivity contribution is 7.16. The van der Waals surface area contributed by atoms with Gasteiger partial charge >= 0.3 is 0 Å². The molecule has 170 valence electrons. The number of carbonyl (C=O) groups excluding carboxylic acids is 1. The second-order valence-electron chi connectivity index (χ2n) is 7.28. The molecule has 0 unspecified atom stereocenters. The van der Waals surface area contributed by atoms with Crippen molar-refractivity contribution in [1.82, 2.24) is 24.5 Å². The summed E-state index contributed by atoms with van der Waals surface area (Å²) in [6.45, 7) is 0.746. The molecule has 0 amide bonds. The molecule has 0 saturated carbocycles. The summed E-state index contributed by atoms with van der Waals surface area (Å²) in [4.78, 5) is 31.5. The number of carbonyl (C=O) groups is 1. The summed E-state index contributed by atoms with van der Waals surface area (Å²) in [6, 6.07) is 14.4. The van der Waals surface area contributed by atoms with Crippen LogP contribution in [-0.2, 0) is 13.1 Å². The minimum Gasteiger partial charge on any atom is -0.365 e. The van der Waals surface area contributed by atoms with Crippen LogP contribution in [0.4, 0.5) is 5.82 Å². The van der Waals surface area contributed by atoms with Crippen molar-refractivity contribution >= 4 is 34.7 Å². The normalized spacial score (nSPS) is 11.0. The van der Waals surface area contributed by atoms with Crippen LogP contribution in [0.1, 0.15) is 20.9 Å². The third-order valence-electron chi connectivity index (χ3n) is 5.01. The van der Waals surface area contributed by atoms with E-state index >= 15 is 0 Å². The second kappa shape index (κ2) is 9.46. The van der Waals surface area contributed by atoms with Crippen molar-refractivity contribution < 1.29 is 9.32 Å². The summed E-state index contributed by atoms with van der Waals surface area (Å²) in [5.74, 6) is -0.0193. The molecule has 11 heteroatoms. The van der Waals surface area contributed by atoms with E-state index in [-0.39, 0.29) is 11.1 Å². The van der Waals surface area contributed by atoms with Gasteiger partial charge in [-0.2, -0.15) is 9.78 Å². The molecule has 5 aromatic rings. The third kappa shape index (κ3) is 4.54. The van der Waals surface area contributed by atoms with Gasteiger partial charge in [-0.3, -0.25) is 14.6 Å². The molecule has 5 heterocycles. The number of nitrogens with one attached hydrogen (secondary N) is 1. The average Bonchev–Trinajstić information content (AvgIpc) is 3.61. The Bertz CT molecular complexity index is 1490. The zero-order chi connectivity index (χ0) is 23.5. The number of anilines is 1. The molecule has 0 saturated heterocycles. The summed E-state index contributed by atoms with van der Waals surface area (Å²) >= 11 is 7.46. The summed E-state index contributed by atoms with van der Waals surface area (Å²) in [5, 5.41) is 11.3. The standard InChI is InChI=1S/C23H17ClN6O3S/c24-20-7-6-17(34-20)12-26-21-10-19(28-30(21)22(31)15-11-27-33-14-15)18-5-3-9-29(23(18)32)13-16-4-1-2-8-25-16/h1-11,14,26H,12-13H2. The largest absolute Gasteiger partial charge is 0.365 e. The molecule has 0 aliphatic heterocycles. The Morgan fingerprint density at radius 2 is 2.09 bits per heavy atom. The summed E-state index contributed by atoms with van der Waals surface area (Å²) in [7, 11) is 0. The van der Waals surface area contributed by atoms with Crippen molar-refractivity contribution in [3.05, 3.63) is 104 Å². The lowest BCUT2D eigenvalue weighted by Crippen LogP contribution is -2.22. The molecule has 0 atom stereocenters. The molecule has 0 radical (unpaired) electrons. The number of halogens is 1. The Morgan fingerprint density at radius 3 is 2.82 bits per heavy atom. The van der Waals surface area contributed by atoms with Gasteiger partial charge in [0.2, 0.25) is 0 Å². The van der Waals surface area contributed by atoms with Crippen molar-refractivity contribution in [2.24, 2.45) is 0 Å². The van der Waals surface area contributed by atoms with E-state index in [1.165, 1.54) is 28.5 Å². The van der Waals surface area contributed by atoms with Crippen LogP contribution in [0.2, 0.25) is 4.34 Å². The summed E-state index contributed by atoms with van der Waals surface area (Å²) in [6.07, 6.45) is 5.93. The van der Waals surface area contributed by atoms with Gasteiger partial charge < -0.3 is 14.4 Å². The molecule has 0 spiro atoms. The van der Waals surface area contributed by atoms with Crippen LogP contribution in [0.5, 0.6) is 0 Å². The quantitative estimate of drug-likeness (QED) is 0.363. The van der Waals surface area contributed by atoms with Crippen LogP contribution in [-0.4, -0.2) is 30.4 Å². The van der Waals surface area contributed by atoms with E-state index in [1.54, 1.807) is 35.2 Å². The number of nitrogens with zero attached hydrogens (tertiary/aromatic N) is 5. The van der Waals surface area contributed by atoms with Gasteiger partial charge in [0.15, 0.2) is 0 Å². The Morgan fingerprint density at radius 1 is 1.18 bits per heavy atom. The first-order valence-electron chi connectivity index (χ1n) is 10.2. The fourth-order valence-corrected chi connectivity index (χ4v) is 4.40. The van der Waals surface area contributed by atoms with Crippen LogP contribution in [0.15, 0.2) is 82.7 Å². The van der Waals surface area contributed by atoms with E-state index in [2.05, 4.69) is 20.6 Å². The Balaban J connectivity index is 1.51. The molecule has 0 bridgehead atoms. The molecular weight excluding hydrogens is 476 g/mol. The van der Waals surface area contributed by atoms with Gasteiger partial charge in [-0.1, -0.05) is 22.8 Å². The van der Waals surface area contributed by atoms with Crippen molar-refractivity contribution in [3.8, 4) is 11.3 Å². The first kappa shape index (κ1) is 21.8. The van der Waals surface area contributed by atoms with E-state index in [4.69, 9.17) is 16.1 Å². The van der Waals surface area contributed by atoms with Gasteiger partial charge in [0, 0.05) is 23.3 Å². The number of rotatable bonds is 7. The zero-order valence-electron chi connectivity index (χ0n) is 17.6. The fourth-order valence-electron chi connectivity index (χ4n) is 3.37. The molecule has 0 aromatic carbocycles. The van der Waals surface area contributed by atoms with Gasteiger partial charge in [-0.05, 0) is 36.4 Å². The minimum absolute atomic E-state index is 0.234. The smallest absolute Gasteiger partial charge is 0.285 e. The van der Waals surface area contributed by atoms with Crippen LogP contribution < -0.4 is 10.9 Å². The number of aromatic nitrogens is 5. The minimum atomic E-state index is -0.441. The van der Waals surface area contributed by atoms with E-state index in [1.807, 2.05) is 30.3 Å². The van der Waals surface area contributed by atoms with Gasteiger partial charge in [-0.25, -0.2) is 0 Å². The van der Waals surface area contributed by atoms with E-state index in [0.717, 1.165) is 10.6 Å². The first-order valence-corrected chi connectivity index (χ1v) is 11.4. The maximum atomic E-state index is 13.2. The van der Waals surface area contributed by atoms with E-state index in [0.29, 0.717) is 34.5 Å². The highest BCUT2D eigenvalue weighted by Gasteiger charge is 2.20. The monoisotopic (exact) mass is 492 g/mol. The van der Waals surface area contributed by atoms with Gasteiger partial charge in [0.05, 0.1) is 34.9 Å². The van der Waals surface area contributed by atoms with Crippen LogP contribution >= 0.6 is 22.9 Å². The number of thiophene rings is 1. The van der Waals surface area contributed by atoms with Gasteiger partial charge in [0.1, 0.15) is 23.3 Å². The zero-order valence-corrected chi connectivity index (χ0v) is 19.2. The van der Waals surface area contributed by atoms with Crippen molar-refractivity contribution in [1.29, 1.82) is 0 Å². The molecule has 0 aliphatic carbocycles.